The molecule has 120 valence electrons. The van der Waals surface area contributed by atoms with Gasteiger partial charge in [-0.2, -0.15) is 5.10 Å². The van der Waals surface area contributed by atoms with E-state index in [4.69, 9.17) is 4.74 Å². The number of hydrogen-bond donors (Lipinski definition) is 2. The Labute approximate surface area is 144 Å². The molecule has 0 bridgehead atoms. The molecule has 2 N–H and O–H groups in total. The number of halogens is 1. The lowest BCUT2D eigenvalue weighted by Gasteiger charge is -2.07. The number of ether oxygens (including phenoxy) is 1. The van der Waals surface area contributed by atoms with Gasteiger partial charge in [-0.25, -0.2) is 10.1 Å². The summed E-state index contributed by atoms with van der Waals surface area (Å²) in [5.74, 6) is 0.591. The van der Waals surface area contributed by atoms with E-state index in [2.05, 4.69) is 36.4 Å². The summed E-state index contributed by atoms with van der Waals surface area (Å²) >= 11 is 3.36. The van der Waals surface area contributed by atoms with Crippen LogP contribution in [-0.2, 0) is 0 Å². The molecule has 8 heteroatoms. The number of nitrogens with zero attached hydrogens (tertiary/aromatic N) is 2. The summed E-state index contributed by atoms with van der Waals surface area (Å²) in [5.41, 5.74) is 0.209. The van der Waals surface area contributed by atoms with E-state index in [1.54, 1.807) is 12.1 Å². The summed E-state index contributed by atoms with van der Waals surface area (Å²) in [6.45, 7) is 0. The van der Waals surface area contributed by atoms with Crippen LogP contribution in [-0.4, -0.2) is 21.1 Å². The third-order valence-corrected chi connectivity index (χ3v) is 3.42. The van der Waals surface area contributed by atoms with Crippen LogP contribution in [0.5, 0.6) is 11.6 Å². The molecule has 0 spiro atoms. The highest BCUT2D eigenvalue weighted by atomic mass is 79.9. The first-order valence-electron chi connectivity index (χ1n) is 6.87. The minimum atomic E-state index is -0.450. The van der Waals surface area contributed by atoms with Crippen LogP contribution < -0.4 is 15.6 Å². The van der Waals surface area contributed by atoms with Gasteiger partial charge in [0.25, 0.3) is 11.5 Å². The lowest BCUT2D eigenvalue weighted by Crippen LogP contribution is -2.17. The number of amides is 1. The maximum absolute atomic E-state index is 12.0. The second-order valence-corrected chi connectivity index (χ2v) is 5.62. The largest absolute Gasteiger partial charge is 0.439 e. The van der Waals surface area contributed by atoms with Crippen LogP contribution in [0.4, 0.5) is 5.69 Å². The number of rotatable bonds is 4. The van der Waals surface area contributed by atoms with Crippen LogP contribution in [0, 0.1) is 0 Å². The molecule has 1 aromatic carbocycles. The fourth-order valence-corrected chi connectivity index (χ4v) is 2.21. The van der Waals surface area contributed by atoms with Gasteiger partial charge in [-0.15, -0.1) is 0 Å². The van der Waals surface area contributed by atoms with Crippen molar-refractivity contribution in [1.82, 2.24) is 15.2 Å². The molecule has 0 saturated carbocycles. The first-order valence-corrected chi connectivity index (χ1v) is 7.66. The molecule has 0 unspecified atom stereocenters. The molecule has 0 fully saturated rings. The van der Waals surface area contributed by atoms with Crippen LogP contribution in [0.3, 0.4) is 0 Å². The van der Waals surface area contributed by atoms with E-state index in [0.29, 0.717) is 17.3 Å². The Morgan fingerprint density at radius 2 is 2.04 bits per heavy atom. The third-order valence-electron chi connectivity index (χ3n) is 2.92. The van der Waals surface area contributed by atoms with Crippen molar-refractivity contribution in [3.05, 3.63) is 75.2 Å². The van der Waals surface area contributed by atoms with E-state index in [-0.39, 0.29) is 11.3 Å². The van der Waals surface area contributed by atoms with Gasteiger partial charge in [0.05, 0.1) is 11.9 Å². The van der Waals surface area contributed by atoms with E-state index >= 15 is 0 Å². The highest BCUT2D eigenvalue weighted by molar-refractivity contribution is 9.10. The summed E-state index contributed by atoms with van der Waals surface area (Å²) in [5, 5.41) is 8.49. The molecule has 0 saturated heterocycles. The Morgan fingerprint density at radius 1 is 1.17 bits per heavy atom. The molecular weight excluding hydrogens is 376 g/mol. The lowest BCUT2D eigenvalue weighted by molar-refractivity contribution is 0.102. The SMILES string of the molecule is O=C(Nc1ccc(Oc2cccc(Br)c2)nc1)c1ccc(=O)[nH]n1. The predicted octanol–water partition coefficient (Wildman–Crippen LogP) is 2.97. The normalized spacial score (nSPS) is 10.2. The smallest absolute Gasteiger partial charge is 0.276 e. The Morgan fingerprint density at radius 3 is 2.71 bits per heavy atom. The quantitative estimate of drug-likeness (QED) is 0.718. The van der Waals surface area contributed by atoms with Gasteiger partial charge in [-0.05, 0) is 30.3 Å². The van der Waals surface area contributed by atoms with Gasteiger partial charge in [0.15, 0.2) is 0 Å². The number of hydrogen-bond acceptors (Lipinski definition) is 5. The zero-order valence-electron chi connectivity index (χ0n) is 12.2. The maximum atomic E-state index is 12.0. The van der Waals surface area contributed by atoms with Gasteiger partial charge in [0.2, 0.25) is 5.88 Å². The Balaban J connectivity index is 1.67. The van der Waals surface area contributed by atoms with Gasteiger partial charge < -0.3 is 10.1 Å². The minimum Gasteiger partial charge on any atom is -0.439 e. The molecule has 0 aliphatic carbocycles. The average Bonchev–Trinajstić information content (AvgIpc) is 2.57. The Hall–Kier alpha value is -3.00. The summed E-state index contributed by atoms with van der Waals surface area (Å²) in [7, 11) is 0. The molecule has 0 aliphatic rings. The summed E-state index contributed by atoms with van der Waals surface area (Å²) < 4.78 is 6.51. The second-order valence-electron chi connectivity index (χ2n) is 4.71. The van der Waals surface area contributed by atoms with Crippen molar-refractivity contribution in [2.45, 2.75) is 0 Å². The standard InChI is InChI=1S/C16H11BrN4O3/c17-10-2-1-3-12(8-10)24-15-7-4-11(9-18-15)19-16(23)13-5-6-14(22)21-20-13/h1-9H,(H,19,23)(H,21,22). The molecule has 0 radical (unpaired) electrons. The summed E-state index contributed by atoms with van der Waals surface area (Å²) in [4.78, 5) is 27.0. The number of aromatic nitrogens is 3. The minimum absolute atomic E-state index is 0.101. The fraction of sp³-hybridized carbons (Fsp3) is 0. The predicted molar refractivity (Wildman–Crippen MR) is 91.3 cm³/mol. The fourth-order valence-electron chi connectivity index (χ4n) is 1.83. The average molecular weight is 387 g/mol. The number of carbonyl (C=O) groups excluding carboxylic acids is 1. The van der Waals surface area contributed by atoms with Crippen molar-refractivity contribution in [3.63, 3.8) is 0 Å². The number of H-pyrrole nitrogens is 1. The Kier molecular flexibility index (Phi) is 4.66. The molecule has 0 atom stereocenters. The Bertz CT molecular complexity index is 905. The van der Waals surface area contributed by atoms with Crippen molar-refractivity contribution in [3.8, 4) is 11.6 Å². The molecule has 3 rings (SSSR count). The molecule has 3 aromatic rings. The van der Waals surface area contributed by atoms with E-state index in [1.807, 2.05) is 24.3 Å². The number of pyridine rings is 1. The van der Waals surface area contributed by atoms with Gasteiger partial charge in [0.1, 0.15) is 11.4 Å². The van der Waals surface area contributed by atoms with Crippen LogP contribution >= 0.6 is 15.9 Å². The molecule has 0 aliphatic heterocycles. The van der Waals surface area contributed by atoms with E-state index in [1.165, 1.54) is 18.3 Å². The molecule has 7 nitrogen and oxygen atoms in total. The number of nitrogens with one attached hydrogen (secondary N) is 2. The van der Waals surface area contributed by atoms with Gasteiger partial charge in [-0.1, -0.05) is 22.0 Å². The van der Waals surface area contributed by atoms with Crippen LogP contribution in [0.25, 0.3) is 0 Å². The first kappa shape index (κ1) is 15.9. The zero-order valence-corrected chi connectivity index (χ0v) is 13.8. The monoisotopic (exact) mass is 386 g/mol. The summed E-state index contributed by atoms with van der Waals surface area (Å²) in [6.07, 6.45) is 1.47. The highest BCUT2D eigenvalue weighted by Crippen LogP contribution is 2.23. The van der Waals surface area contributed by atoms with Gasteiger partial charge in [0, 0.05) is 16.6 Å². The van der Waals surface area contributed by atoms with Gasteiger partial charge >= 0.3 is 0 Å². The molecule has 2 heterocycles. The highest BCUT2D eigenvalue weighted by Gasteiger charge is 2.08. The van der Waals surface area contributed by atoms with Crippen LogP contribution in [0.1, 0.15) is 10.5 Å². The number of carbonyl (C=O) groups is 1. The van der Waals surface area contributed by atoms with Crippen molar-refractivity contribution < 1.29 is 9.53 Å². The maximum Gasteiger partial charge on any atom is 0.276 e. The summed E-state index contributed by atoms with van der Waals surface area (Å²) in [6, 6.07) is 13.2. The second kappa shape index (κ2) is 7.05. The van der Waals surface area contributed by atoms with Crippen molar-refractivity contribution in [2.24, 2.45) is 0 Å². The van der Waals surface area contributed by atoms with E-state index in [0.717, 1.165) is 4.47 Å². The van der Waals surface area contributed by atoms with Crippen LogP contribution in [0.2, 0.25) is 0 Å². The van der Waals surface area contributed by atoms with Crippen molar-refractivity contribution >= 4 is 27.5 Å². The number of aromatic amines is 1. The number of anilines is 1. The lowest BCUT2D eigenvalue weighted by atomic mass is 10.3. The van der Waals surface area contributed by atoms with E-state index < -0.39 is 5.91 Å². The molecule has 24 heavy (non-hydrogen) atoms. The van der Waals surface area contributed by atoms with Crippen molar-refractivity contribution in [1.29, 1.82) is 0 Å². The topological polar surface area (TPSA) is 97.0 Å². The van der Waals surface area contributed by atoms with Crippen LogP contribution in [0.15, 0.2) is 64.0 Å². The first-order chi connectivity index (χ1) is 11.6. The van der Waals surface area contributed by atoms with Crippen molar-refractivity contribution in [2.75, 3.05) is 5.32 Å². The zero-order chi connectivity index (χ0) is 16.9. The van der Waals surface area contributed by atoms with E-state index in [9.17, 15) is 9.59 Å². The van der Waals surface area contributed by atoms with Gasteiger partial charge in [-0.3, -0.25) is 9.59 Å². The molecular formula is C16H11BrN4O3. The third kappa shape index (κ3) is 4.05. The molecule has 1 amide bonds. The number of benzene rings is 1. The molecule has 2 aromatic heterocycles.